The van der Waals surface area contributed by atoms with Crippen molar-refractivity contribution < 1.29 is 4.74 Å². The lowest BCUT2D eigenvalue weighted by atomic mass is 10.2. The maximum atomic E-state index is 5.89. The Morgan fingerprint density at radius 1 is 1.48 bits per heavy atom. The van der Waals surface area contributed by atoms with Crippen molar-refractivity contribution in [3.8, 4) is 0 Å². The van der Waals surface area contributed by atoms with Gasteiger partial charge in [-0.1, -0.05) is 26.8 Å². The lowest BCUT2D eigenvalue weighted by molar-refractivity contribution is -0.0261. The minimum absolute atomic E-state index is 0.143. The number of rotatable bonds is 10. The average Bonchev–Trinajstić information content (AvgIpc) is 3.10. The molecule has 0 bridgehead atoms. The molecule has 1 unspecified atom stereocenters. The van der Waals surface area contributed by atoms with Crippen LogP contribution in [0.2, 0.25) is 0 Å². The van der Waals surface area contributed by atoms with E-state index in [1.165, 1.54) is 0 Å². The molecule has 152 valence electrons. The van der Waals surface area contributed by atoms with Crippen LogP contribution in [-0.2, 0) is 17.7 Å². The number of aliphatic imine (C=N–C) groups is 1. The lowest BCUT2D eigenvalue weighted by Crippen LogP contribution is -2.46. The fourth-order valence-corrected chi connectivity index (χ4v) is 3.14. The van der Waals surface area contributed by atoms with Crippen LogP contribution in [0.15, 0.2) is 24.0 Å². The monoisotopic (exact) mass is 377 g/mol. The molecule has 0 amide bonds. The Hall–Kier alpha value is -1.93. The maximum Gasteiger partial charge on any atom is 0.191 e. The van der Waals surface area contributed by atoms with Crippen molar-refractivity contribution in [1.82, 2.24) is 30.3 Å². The van der Waals surface area contributed by atoms with Gasteiger partial charge in [-0.3, -0.25) is 9.89 Å². The van der Waals surface area contributed by atoms with Crippen LogP contribution in [0, 0.1) is 5.92 Å². The van der Waals surface area contributed by atoms with Crippen LogP contribution < -0.4 is 10.6 Å². The number of morpholine rings is 1. The first-order valence-electron chi connectivity index (χ1n) is 9.96. The van der Waals surface area contributed by atoms with Crippen molar-refractivity contribution in [2.75, 3.05) is 45.9 Å². The molecule has 8 heteroatoms. The molecule has 2 N–H and O–H groups in total. The Morgan fingerprint density at radius 2 is 2.33 bits per heavy atom. The summed E-state index contributed by atoms with van der Waals surface area (Å²) in [7, 11) is 0. The molecule has 8 nitrogen and oxygen atoms in total. The van der Waals surface area contributed by atoms with E-state index in [-0.39, 0.29) is 6.10 Å². The molecule has 0 aliphatic carbocycles. The molecule has 1 aromatic heterocycles. The molecule has 0 saturated carbocycles. The van der Waals surface area contributed by atoms with Gasteiger partial charge in [-0.2, -0.15) is 0 Å². The summed E-state index contributed by atoms with van der Waals surface area (Å²) in [6.07, 6.45) is 4.62. The van der Waals surface area contributed by atoms with E-state index in [1.54, 1.807) is 6.33 Å². The number of aryl methyl sites for hydroxylation is 1. The SMILES string of the molecule is C=CCNC(=NCC1CN(CC(C)C)CCO1)NCCn1cnnc1CC. The zero-order valence-electron chi connectivity index (χ0n) is 17.0. The first-order chi connectivity index (χ1) is 13.1. The highest BCUT2D eigenvalue weighted by atomic mass is 16.5. The van der Waals surface area contributed by atoms with Gasteiger partial charge in [0, 0.05) is 45.7 Å². The molecule has 1 aliphatic rings. The molecule has 1 aromatic rings. The Morgan fingerprint density at radius 3 is 3.07 bits per heavy atom. The second-order valence-corrected chi connectivity index (χ2v) is 7.23. The van der Waals surface area contributed by atoms with E-state index in [1.807, 2.05) is 6.08 Å². The third-order valence-corrected chi connectivity index (χ3v) is 4.37. The van der Waals surface area contributed by atoms with Crippen LogP contribution in [0.25, 0.3) is 0 Å². The molecular weight excluding hydrogens is 342 g/mol. The van der Waals surface area contributed by atoms with Gasteiger partial charge in [-0.05, 0) is 5.92 Å². The molecule has 1 atom stereocenters. The normalized spacial score (nSPS) is 18.7. The average molecular weight is 378 g/mol. The highest BCUT2D eigenvalue weighted by molar-refractivity contribution is 5.79. The van der Waals surface area contributed by atoms with Gasteiger partial charge in [0.2, 0.25) is 0 Å². The summed E-state index contributed by atoms with van der Waals surface area (Å²) in [5.41, 5.74) is 0. The Balaban J connectivity index is 1.83. The predicted octanol–water partition coefficient (Wildman–Crippen LogP) is 0.919. The third kappa shape index (κ3) is 7.68. The zero-order chi connectivity index (χ0) is 19.5. The summed E-state index contributed by atoms with van der Waals surface area (Å²) in [6, 6.07) is 0. The molecule has 1 fully saturated rings. The van der Waals surface area contributed by atoms with E-state index in [4.69, 9.17) is 9.73 Å². The minimum atomic E-state index is 0.143. The molecule has 0 spiro atoms. The van der Waals surface area contributed by atoms with Crippen molar-refractivity contribution >= 4 is 5.96 Å². The van der Waals surface area contributed by atoms with Crippen molar-refractivity contribution in [3.63, 3.8) is 0 Å². The van der Waals surface area contributed by atoms with Crippen molar-refractivity contribution in [2.45, 2.75) is 39.8 Å². The summed E-state index contributed by atoms with van der Waals surface area (Å²) in [5.74, 6) is 2.45. The van der Waals surface area contributed by atoms with Crippen LogP contribution in [-0.4, -0.2) is 77.6 Å². The van der Waals surface area contributed by atoms with Crippen LogP contribution in [0.5, 0.6) is 0 Å². The minimum Gasteiger partial charge on any atom is -0.374 e. The van der Waals surface area contributed by atoms with Crippen LogP contribution in [0.4, 0.5) is 0 Å². The maximum absolute atomic E-state index is 5.89. The number of nitrogens with one attached hydrogen (secondary N) is 2. The van der Waals surface area contributed by atoms with Crippen molar-refractivity contribution in [3.05, 3.63) is 24.8 Å². The standard InChI is InChI=1S/C19H35N7O/c1-5-7-20-19(21-8-9-26-15-23-24-18(26)6-2)22-12-17-14-25(10-11-27-17)13-16(3)4/h5,15-17H,1,6-14H2,2-4H3,(H2,20,21,22). The number of nitrogens with zero attached hydrogens (tertiary/aromatic N) is 5. The van der Waals surface area contributed by atoms with Gasteiger partial charge in [0.1, 0.15) is 12.2 Å². The van der Waals surface area contributed by atoms with Crippen molar-refractivity contribution in [2.24, 2.45) is 10.9 Å². The van der Waals surface area contributed by atoms with E-state index in [0.29, 0.717) is 19.0 Å². The van der Waals surface area contributed by atoms with Gasteiger partial charge in [-0.25, -0.2) is 0 Å². The Kier molecular flexibility index (Phi) is 9.27. The van der Waals surface area contributed by atoms with E-state index < -0.39 is 0 Å². The fourth-order valence-electron chi connectivity index (χ4n) is 3.14. The van der Waals surface area contributed by atoms with Crippen LogP contribution >= 0.6 is 0 Å². The van der Waals surface area contributed by atoms with Gasteiger partial charge in [0.15, 0.2) is 5.96 Å². The zero-order valence-corrected chi connectivity index (χ0v) is 17.0. The molecule has 1 aliphatic heterocycles. The second kappa shape index (κ2) is 11.7. The molecule has 0 radical (unpaired) electrons. The molecule has 1 saturated heterocycles. The highest BCUT2D eigenvalue weighted by Crippen LogP contribution is 2.08. The van der Waals surface area contributed by atoms with Gasteiger partial charge >= 0.3 is 0 Å². The van der Waals surface area contributed by atoms with Gasteiger partial charge in [0.05, 0.1) is 19.3 Å². The quantitative estimate of drug-likeness (QED) is 0.359. The summed E-state index contributed by atoms with van der Waals surface area (Å²) in [4.78, 5) is 7.18. The smallest absolute Gasteiger partial charge is 0.191 e. The van der Waals surface area contributed by atoms with Crippen LogP contribution in [0.1, 0.15) is 26.6 Å². The summed E-state index contributed by atoms with van der Waals surface area (Å²) < 4.78 is 7.95. The summed E-state index contributed by atoms with van der Waals surface area (Å²) in [6.45, 7) is 17.1. The fraction of sp³-hybridized carbons (Fsp3) is 0.737. The number of guanidine groups is 1. The molecule has 0 aromatic carbocycles. The highest BCUT2D eigenvalue weighted by Gasteiger charge is 2.20. The molecule has 2 rings (SSSR count). The Bertz CT molecular complexity index is 584. The molecular formula is C19H35N7O. The number of hydrogen-bond donors (Lipinski definition) is 2. The summed E-state index contributed by atoms with van der Waals surface area (Å²) >= 11 is 0. The van der Waals surface area contributed by atoms with Crippen LogP contribution in [0.3, 0.4) is 0 Å². The topological polar surface area (TPSA) is 79.6 Å². The van der Waals surface area contributed by atoms with E-state index >= 15 is 0 Å². The van der Waals surface area contributed by atoms with E-state index in [9.17, 15) is 0 Å². The Labute approximate surface area is 163 Å². The third-order valence-electron chi connectivity index (χ3n) is 4.37. The van der Waals surface area contributed by atoms with Gasteiger partial charge in [-0.15, -0.1) is 16.8 Å². The van der Waals surface area contributed by atoms with Gasteiger partial charge < -0.3 is 19.9 Å². The second-order valence-electron chi connectivity index (χ2n) is 7.23. The van der Waals surface area contributed by atoms with Crippen molar-refractivity contribution in [1.29, 1.82) is 0 Å². The summed E-state index contributed by atoms with van der Waals surface area (Å²) in [5, 5.41) is 14.7. The number of ether oxygens (including phenoxy) is 1. The number of aromatic nitrogens is 3. The molecule has 27 heavy (non-hydrogen) atoms. The number of hydrogen-bond acceptors (Lipinski definition) is 5. The van der Waals surface area contributed by atoms with E-state index in [0.717, 1.165) is 57.5 Å². The van der Waals surface area contributed by atoms with Gasteiger partial charge in [0.25, 0.3) is 0 Å². The predicted molar refractivity (Wildman–Crippen MR) is 109 cm³/mol. The first-order valence-corrected chi connectivity index (χ1v) is 9.96. The lowest BCUT2D eigenvalue weighted by Gasteiger charge is -2.33. The molecule has 2 heterocycles. The largest absolute Gasteiger partial charge is 0.374 e. The van der Waals surface area contributed by atoms with E-state index in [2.05, 4.69) is 57.6 Å². The first kappa shape index (κ1) is 21.4.